The van der Waals surface area contributed by atoms with Crippen LogP contribution in [0.25, 0.3) is 22.5 Å². The fourth-order valence-electron chi connectivity index (χ4n) is 2.30. The Labute approximate surface area is 125 Å². The Morgan fingerprint density at radius 2 is 1.19 bits per heavy atom. The van der Waals surface area contributed by atoms with Crippen LogP contribution in [0.15, 0.2) is 72.8 Å². The molecule has 0 radical (unpaired) electrons. The summed E-state index contributed by atoms with van der Waals surface area (Å²) >= 11 is 0. The van der Waals surface area contributed by atoms with Crippen molar-refractivity contribution in [1.29, 1.82) is 0 Å². The molecule has 2 nitrogen and oxygen atoms in total. The first-order valence-corrected chi connectivity index (χ1v) is 7.04. The summed E-state index contributed by atoms with van der Waals surface area (Å²) in [5.41, 5.74) is 5.48. The maximum Gasteiger partial charge on any atom is 0.0709 e. The van der Waals surface area contributed by atoms with Crippen molar-refractivity contribution in [2.24, 2.45) is 0 Å². The minimum absolute atomic E-state index is 1.00. The van der Waals surface area contributed by atoms with Crippen LogP contribution in [0.1, 0.15) is 0 Å². The van der Waals surface area contributed by atoms with Gasteiger partial charge in [-0.05, 0) is 24.3 Å². The molecule has 1 aromatic heterocycles. The Morgan fingerprint density at radius 1 is 0.619 bits per heavy atom. The minimum atomic E-state index is 1.00. The molecule has 0 fully saturated rings. The highest BCUT2D eigenvalue weighted by Crippen LogP contribution is 2.24. The minimum Gasteiger partial charge on any atom is -0.378 e. The number of hydrogen-bond donors (Lipinski definition) is 0. The number of nitrogens with zero attached hydrogens (tertiary/aromatic N) is 2. The Bertz CT molecular complexity index is 716. The molecular weight excluding hydrogens is 256 g/mol. The molecule has 2 heteroatoms. The van der Waals surface area contributed by atoms with E-state index in [0.29, 0.717) is 0 Å². The lowest BCUT2D eigenvalue weighted by Crippen LogP contribution is -2.07. The van der Waals surface area contributed by atoms with Gasteiger partial charge in [0, 0.05) is 30.9 Å². The van der Waals surface area contributed by atoms with Crippen molar-refractivity contribution >= 4 is 5.69 Å². The van der Waals surface area contributed by atoms with Crippen LogP contribution in [0.2, 0.25) is 0 Å². The van der Waals surface area contributed by atoms with E-state index in [9.17, 15) is 0 Å². The molecule has 1 heterocycles. The van der Waals surface area contributed by atoms with Crippen LogP contribution in [-0.4, -0.2) is 19.1 Å². The lowest BCUT2D eigenvalue weighted by molar-refractivity contribution is 1.13. The van der Waals surface area contributed by atoms with Gasteiger partial charge in [-0.2, -0.15) is 0 Å². The lowest BCUT2D eigenvalue weighted by Gasteiger charge is -2.12. The molecule has 0 spiro atoms. The zero-order valence-electron chi connectivity index (χ0n) is 12.3. The maximum absolute atomic E-state index is 4.77. The van der Waals surface area contributed by atoms with Crippen LogP contribution in [-0.2, 0) is 0 Å². The van der Waals surface area contributed by atoms with Crippen LogP contribution in [0, 0.1) is 0 Å². The molecular formula is C19H18N2. The molecule has 3 aromatic rings. The summed E-state index contributed by atoms with van der Waals surface area (Å²) in [4.78, 5) is 6.87. The second-order valence-corrected chi connectivity index (χ2v) is 5.22. The van der Waals surface area contributed by atoms with E-state index < -0.39 is 0 Å². The normalized spacial score (nSPS) is 10.4. The van der Waals surface area contributed by atoms with Crippen molar-refractivity contribution in [3.8, 4) is 22.5 Å². The predicted molar refractivity (Wildman–Crippen MR) is 89.4 cm³/mol. The van der Waals surface area contributed by atoms with Gasteiger partial charge < -0.3 is 4.90 Å². The molecule has 0 amide bonds. The second kappa shape index (κ2) is 5.80. The molecule has 0 saturated heterocycles. The second-order valence-electron chi connectivity index (χ2n) is 5.22. The smallest absolute Gasteiger partial charge is 0.0709 e. The lowest BCUT2D eigenvalue weighted by atomic mass is 10.1. The van der Waals surface area contributed by atoms with Gasteiger partial charge in [0.25, 0.3) is 0 Å². The third kappa shape index (κ3) is 2.95. The van der Waals surface area contributed by atoms with Gasteiger partial charge in [-0.15, -0.1) is 0 Å². The standard InChI is InChI=1S/C19H18N2/c1-21(2)17-13-11-16(12-14-17)19-10-6-9-18(20-19)15-7-4-3-5-8-15/h3-14H,1-2H3. The molecule has 2 aromatic carbocycles. The van der Waals surface area contributed by atoms with Crippen LogP contribution in [0.3, 0.4) is 0 Å². The molecule has 0 aliphatic carbocycles. The Kier molecular flexibility index (Phi) is 3.69. The third-order valence-electron chi connectivity index (χ3n) is 3.50. The van der Waals surface area contributed by atoms with Gasteiger partial charge in [0.05, 0.1) is 11.4 Å². The van der Waals surface area contributed by atoms with E-state index in [1.54, 1.807) is 0 Å². The van der Waals surface area contributed by atoms with Crippen molar-refractivity contribution in [1.82, 2.24) is 4.98 Å². The van der Waals surface area contributed by atoms with Crippen LogP contribution < -0.4 is 4.90 Å². The van der Waals surface area contributed by atoms with Crippen molar-refractivity contribution in [2.75, 3.05) is 19.0 Å². The fourth-order valence-corrected chi connectivity index (χ4v) is 2.30. The zero-order valence-corrected chi connectivity index (χ0v) is 12.3. The highest BCUT2D eigenvalue weighted by atomic mass is 15.1. The largest absolute Gasteiger partial charge is 0.378 e. The first-order valence-electron chi connectivity index (χ1n) is 7.04. The molecule has 0 N–H and O–H groups in total. The number of anilines is 1. The SMILES string of the molecule is CN(C)c1ccc(-c2cccc(-c3ccccc3)n2)cc1. The summed E-state index contributed by atoms with van der Waals surface area (Å²) in [6.07, 6.45) is 0. The fraction of sp³-hybridized carbons (Fsp3) is 0.105. The Balaban J connectivity index is 1.96. The van der Waals surface area contributed by atoms with E-state index in [4.69, 9.17) is 4.98 Å². The van der Waals surface area contributed by atoms with Gasteiger partial charge in [-0.1, -0.05) is 48.5 Å². The first-order chi connectivity index (χ1) is 10.2. The average Bonchev–Trinajstić information content (AvgIpc) is 2.56. The summed E-state index contributed by atoms with van der Waals surface area (Å²) in [6.45, 7) is 0. The molecule has 0 aliphatic heterocycles. The van der Waals surface area contributed by atoms with Crippen LogP contribution >= 0.6 is 0 Å². The van der Waals surface area contributed by atoms with Gasteiger partial charge in [-0.25, -0.2) is 4.98 Å². The van der Waals surface area contributed by atoms with E-state index >= 15 is 0 Å². The molecule has 104 valence electrons. The number of hydrogen-bond acceptors (Lipinski definition) is 2. The monoisotopic (exact) mass is 274 g/mol. The van der Waals surface area contributed by atoms with Gasteiger partial charge in [-0.3, -0.25) is 0 Å². The summed E-state index contributed by atoms with van der Waals surface area (Å²) in [6, 6.07) is 24.9. The molecule has 3 rings (SSSR count). The summed E-state index contributed by atoms with van der Waals surface area (Å²) in [5.74, 6) is 0. The van der Waals surface area contributed by atoms with Crippen molar-refractivity contribution < 1.29 is 0 Å². The molecule has 0 atom stereocenters. The third-order valence-corrected chi connectivity index (χ3v) is 3.50. The van der Waals surface area contributed by atoms with Gasteiger partial charge >= 0.3 is 0 Å². The Hall–Kier alpha value is -2.61. The molecule has 0 unspecified atom stereocenters. The van der Waals surface area contributed by atoms with E-state index in [-0.39, 0.29) is 0 Å². The van der Waals surface area contributed by atoms with Crippen molar-refractivity contribution in [2.45, 2.75) is 0 Å². The van der Waals surface area contributed by atoms with Crippen LogP contribution in [0.5, 0.6) is 0 Å². The number of benzene rings is 2. The number of rotatable bonds is 3. The first kappa shape index (κ1) is 13.4. The maximum atomic E-state index is 4.77. The molecule has 0 aliphatic rings. The molecule has 0 saturated carbocycles. The average molecular weight is 274 g/mol. The predicted octanol–water partition coefficient (Wildman–Crippen LogP) is 4.48. The van der Waals surface area contributed by atoms with Gasteiger partial charge in [0.1, 0.15) is 0 Å². The van der Waals surface area contributed by atoms with E-state index in [0.717, 1.165) is 22.5 Å². The number of aromatic nitrogens is 1. The highest BCUT2D eigenvalue weighted by Gasteiger charge is 2.03. The van der Waals surface area contributed by atoms with Crippen molar-refractivity contribution in [3.05, 3.63) is 72.8 Å². The van der Waals surface area contributed by atoms with Gasteiger partial charge in [0.15, 0.2) is 0 Å². The zero-order chi connectivity index (χ0) is 14.7. The summed E-state index contributed by atoms with van der Waals surface area (Å²) < 4.78 is 0. The van der Waals surface area contributed by atoms with Crippen molar-refractivity contribution in [3.63, 3.8) is 0 Å². The summed E-state index contributed by atoms with van der Waals surface area (Å²) in [7, 11) is 4.09. The molecule has 21 heavy (non-hydrogen) atoms. The van der Waals surface area contributed by atoms with E-state index in [1.807, 2.05) is 38.4 Å². The summed E-state index contributed by atoms with van der Waals surface area (Å²) in [5, 5.41) is 0. The van der Waals surface area contributed by atoms with E-state index in [2.05, 4.69) is 53.4 Å². The Morgan fingerprint density at radius 3 is 1.76 bits per heavy atom. The van der Waals surface area contributed by atoms with E-state index in [1.165, 1.54) is 5.69 Å². The molecule has 0 bridgehead atoms. The number of pyridine rings is 1. The topological polar surface area (TPSA) is 16.1 Å². The quantitative estimate of drug-likeness (QED) is 0.700. The van der Waals surface area contributed by atoms with Gasteiger partial charge in [0.2, 0.25) is 0 Å². The van der Waals surface area contributed by atoms with Crippen LogP contribution in [0.4, 0.5) is 5.69 Å². The highest BCUT2D eigenvalue weighted by molar-refractivity contribution is 5.67.